The van der Waals surface area contributed by atoms with E-state index in [4.69, 9.17) is 11.6 Å². The van der Waals surface area contributed by atoms with Crippen molar-refractivity contribution in [3.05, 3.63) is 16.2 Å². The van der Waals surface area contributed by atoms with Crippen molar-refractivity contribution in [3.63, 3.8) is 0 Å². The molecule has 0 radical (unpaired) electrons. The molecule has 0 amide bonds. The fraction of sp³-hybridized carbons (Fsp3) is 0.625. The van der Waals surface area contributed by atoms with E-state index in [1.165, 1.54) is 4.88 Å². The van der Waals surface area contributed by atoms with Crippen LogP contribution in [0.15, 0.2) is 6.07 Å². The van der Waals surface area contributed by atoms with Crippen LogP contribution >= 0.6 is 22.9 Å². The van der Waals surface area contributed by atoms with Gasteiger partial charge in [-0.3, -0.25) is 0 Å². The second-order valence-electron chi connectivity index (χ2n) is 5.91. The molecule has 0 bridgehead atoms. The van der Waals surface area contributed by atoms with E-state index in [0.29, 0.717) is 17.2 Å². The molecule has 0 aliphatic heterocycles. The van der Waals surface area contributed by atoms with Crippen LogP contribution < -0.4 is 4.90 Å². The number of aromatic nitrogens is 2. The van der Waals surface area contributed by atoms with Gasteiger partial charge < -0.3 is 4.90 Å². The lowest BCUT2D eigenvalue weighted by Gasteiger charge is -2.33. The molecule has 2 aromatic rings. The van der Waals surface area contributed by atoms with E-state index in [2.05, 4.69) is 55.6 Å². The summed E-state index contributed by atoms with van der Waals surface area (Å²) in [5, 5.41) is 1.48. The van der Waals surface area contributed by atoms with Gasteiger partial charge in [0.25, 0.3) is 0 Å². The molecule has 0 aliphatic rings. The lowest BCUT2D eigenvalue weighted by molar-refractivity contribution is 0.504. The largest absolute Gasteiger partial charge is 0.353 e. The van der Waals surface area contributed by atoms with Crippen molar-refractivity contribution < 1.29 is 0 Å². The van der Waals surface area contributed by atoms with Gasteiger partial charge >= 0.3 is 0 Å². The van der Waals surface area contributed by atoms with Crippen LogP contribution in [-0.4, -0.2) is 22.6 Å². The first-order valence-corrected chi connectivity index (χ1v) is 8.86. The number of fused-ring (bicyclic) bond motifs is 1. The Hall–Kier alpha value is -0.870. The Morgan fingerprint density at radius 1 is 1.24 bits per heavy atom. The molecule has 3 nitrogen and oxygen atoms in total. The monoisotopic (exact) mass is 325 g/mol. The van der Waals surface area contributed by atoms with E-state index >= 15 is 0 Å². The molecule has 2 aromatic heterocycles. The van der Waals surface area contributed by atoms with Crippen molar-refractivity contribution in [2.24, 2.45) is 5.92 Å². The number of hydrogen-bond acceptors (Lipinski definition) is 4. The normalized spacial score (nSPS) is 11.8. The summed E-state index contributed by atoms with van der Waals surface area (Å²) in [6.45, 7) is 12.1. The Kier molecular flexibility index (Phi) is 5.44. The average molecular weight is 326 g/mol. The maximum atomic E-state index is 6.16. The minimum Gasteiger partial charge on any atom is -0.353 e. The van der Waals surface area contributed by atoms with E-state index in [0.717, 1.165) is 35.4 Å². The first-order chi connectivity index (χ1) is 9.96. The van der Waals surface area contributed by atoms with Crippen molar-refractivity contribution in [3.8, 4) is 0 Å². The van der Waals surface area contributed by atoms with Gasteiger partial charge in [0.1, 0.15) is 10.6 Å². The number of hydrogen-bond donors (Lipinski definition) is 0. The zero-order valence-electron chi connectivity index (χ0n) is 13.5. The summed E-state index contributed by atoms with van der Waals surface area (Å²) in [5.41, 5.74) is 0. The van der Waals surface area contributed by atoms with Gasteiger partial charge in [0.15, 0.2) is 0 Å². The van der Waals surface area contributed by atoms with Crippen molar-refractivity contribution in [2.45, 2.75) is 53.5 Å². The Morgan fingerprint density at radius 3 is 2.48 bits per heavy atom. The topological polar surface area (TPSA) is 29.0 Å². The predicted octanol–water partition coefficient (Wildman–Crippen LogP) is 5.30. The molecule has 0 N–H and O–H groups in total. The van der Waals surface area contributed by atoms with Gasteiger partial charge in [-0.05, 0) is 43.4 Å². The minimum atomic E-state index is 0.346. The fourth-order valence-corrected chi connectivity index (χ4v) is 3.84. The smallest absolute Gasteiger partial charge is 0.225 e. The lowest BCUT2D eigenvalue weighted by Crippen LogP contribution is -2.38. The van der Waals surface area contributed by atoms with Crippen LogP contribution in [0.4, 0.5) is 5.82 Å². The lowest BCUT2D eigenvalue weighted by atomic mass is 10.1. The van der Waals surface area contributed by atoms with Crippen LogP contribution in [0.25, 0.3) is 10.2 Å². The first kappa shape index (κ1) is 16.5. The molecule has 21 heavy (non-hydrogen) atoms. The Bertz CT molecular complexity index is 605. The molecule has 0 aliphatic carbocycles. The van der Waals surface area contributed by atoms with Gasteiger partial charge in [0.2, 0.25) is 5.28 Å². The zero-order valence-corrected chi connectivity index (χ0v) is 15.1. The minimum absolute atomic E-state index is 0.346. The highest BCUT2D eigenvalue weighted by Crippen LogP contribution is 2.33. The van der Waals surface area contributed by atoms with E-state index in [1.807, 2.05) is 0 Å². The summed E-state index contributed by atoms with van der Waals surface area (Å²) in [6, 6.07) is 2.67. The fourth-order valence-electron chi connectivity index (χ4n) is 2.75. The molecule has 5 heteroatoms. The van der Waals surface area contributed by atoms with Crippen LogP contribution in [0, 0.1) is 12.8 Å². The Labute approximate surface area is 136 Å². The van der Waals surface area contributed by atoms with Crippen LogP contribution in [-0.2, 0) is 0 Å². The third-order valence-corrected chi connectivity index (χ3v) is 4.80. The summed E-state index contributed by atoms with van der Waals surface area (Å²) < 4.78 is 0. The highest BCUT2D eigenvalue weighted by atomic mass is 35.5. The number of rotatable bonds is 6. The molecule has 0 unspecified atom stereocenters. The number of halogens is 1. The Balaban J connectivity index is 2.57. The van der Waals surface area contributed by atoms with Gasteiger partial charge in [-0.25, -0.2) is 4.98 Å². The highest BCUT2D eigenvalue weighted by molar-refractivity contribution is 7.18. The van der Waals surface area contributed by atoms with Crippen molar-refractivity contribution in [2.75, 3.05) is 11.4 Å². The number of nitrogens with zero attached hydrogens (tertiary/aromatic N) is 3. The molecule has 0 atom stereocenters. The van der Waals surface area contributed by atoms with E-state index < -0.39 is 0 Å². The summed E-state index contributed by atoms with van der Waals surface area (Å²) in [7, 11) is 0. The van der Waals surface area contributed by atoms with E-state index in [-0.39, 0.29) is 0 Å². The number of anilines is 1. The molecule has 116 valence electrons. The Morgan fingerprint density at radius 2 is 1.90 bits per heavy atom. The van der Waals surface area contributed by atoms with Crippen molar-refractivity contribution in [1.82, 2.24) is 9.97 Å². The maximum Gasteiger partial charge on any atom is 0.225 e. The molecule has 0 spiro atoms. The van der Waals surface area contributed by atoms with Crippen LogP contribution in [0.1, 0.15) is 45.4 Å². The molecule has 0 saturated carbocycles. The first-order valence-electron chi connectivity index (χ1n) is 7.66. The number of aryl methyl sites for hydroxylation is 1. The standard InChI is InChI=1S/C16H24ClN3S/c1-6-12(7-2)20(9-10(3)4)14-13-8-11(5)21-15(13)19-16(17)18-14/h8,10,12H,6-7,9H2,1-5H3. The molecule has 0 aromatic carbocycles. The zero-order chi connectivity index (χ0) is 15.6. The van der Waals surface area contributed by atoms with E-state index in [1.54, 1.807) is 11.3 Å². The summed E-state index contributed by atoms with van der Waals surface area (Å²) in [6.07, 6.45) is 2.21. The second kappa shape index (κ2) is 6.93. The molecule has 0 saturated heterocycles. The van der Waals surface area contributed by atoms with Gasteiger partial charge in [0.05, 0.1) is 5.39 Å². The molecular formula is C16H24ClN3S. The summed E-state index contributed by atoms with van der Waals surface area (Å²) in [5.74, 6) is 1.57. The van der Waals surface area contributed by atoms with Crippen molar-refractivity contribution in [1.29, 1.82) is 0 Å². The van der Waals surface area contributed by atoms with Crippen LogP contribution in [0.3, 0.4) is 0 Å². The number of thiophene rings is 1. The average Bonchev–Trinajstić information content (AvgIpc) is 2.77. The third kappa shape index (κ3) is 3.67. The molecule has 2 rings (SSSR count). The summed E-state index contributed by atoms with van der Waals surface area (Å²) in [4.78, 5) is 13.6. The SMILES string of the molecule is CCC(CC)N(CC(C)C)c1nc(Cl)nc2sc(C)cc12. The molecule has 2 heterocycles. The van der Waals surface area contributed by atoms with Gasteiger partial charge in [-0.2, -0.15) is 4.98 Å². The van der Waals surface area contributed by atoms with Crippen molar-refractivity contribution >= 4 is 39.0 Å². The summed E-state index contributed by atoms with van der Waals surface area (Å²) >= 11 is 7.84. The maximum absolute atomic E-state index is 6.16. The van der Waals surface area contributed by atoms with Gasteiger partial charge in [0, 0.05) is 17.5 Å². The molecule has 0 fully saturated rings. The van der Waals surface area contributed by atoms with E-state index in [9.17, 15) is 0 Å². The second-order valence-corrected chi connectivity index (χ2v) is 7.48. The quantitative estimate of drug-likeness (QED) is 0.674. The van der Waals surface area contributed by atoms with Gasteiger partial charge in [-0.1, -0.05) is 27.7 Å². The third-order valence-electron chi connectivity index (χ3n) is 3.69. The molecular weight excluding hydrogens is 302 g/mol. The highest BCUT2D eigenvalue weighted by Gasteiger charge is 2.22. The van der Waals surface area contributed by atoms with Gasteiger partial charge in [-0.15, -0.1) is 11.3 Å². The van der Waals surface area contributed by atoms with Crippen LogP contribution in [0.5, 0.6) is 0 Å². The van der Waals surface area contributed by atoms with Crippen LogP contribution in [0.2, 0.25) is 5.28 Å². The predicted molar refractivity (Wildman–Crippen MR) is 93.7 cm³/mol.